The molecule has 2 heterocycles. The smallest absolute Gasteiger partial charge is 0.274 e. The topological polar surface area (TPSA) is 21.8 Å². The maximum atomic E-state index is 3.33. The highest BCUT2D eigenvalue weighted by Crippen LogP contribution is 2.06. The van der Waals surface area contributed by atoms with Crippen LogP contribution >= 0.6 is 0 Å². The van der Waals surface area contributed by atoms with Crippen molar-refractivity contribution in [1.29, 1.82) is 0 Å². The summed E-state index contributed by atoms with van der Waals surface area (Å²) in [5.74, 6) is 1.24. The summed E-state index contributed by atoms with van der Waals surface area (Å²) in [5.41, 5.74) is 2.82. The van der Waals surface area contributed by atoms with Gasteiger partial charge in [0, 0.05) is 11.6 Å². The van der Waals surface area contributed by atoms with Crippen LogP contribution in [0, 0.1) is 6.92 Å². The zero-order valence-corrected chi connectivity index (χ0v) is 12.1. The summed E-state index contributed by atoms with van der Waals surface area (Å²) >= 11 is 0. The second-order valence-corrected chi connectivity index (χ2v) is 5.65. The third-order valence-electron chi connectivity index (χ3n) is 4.04. The highest BCUT2D eigenvalue weighted by atomic mass is 15.3. The van der Waals surface area contributed by atoms with E-state index in [0.717, 1.165) is 19.6 Å². The van der Waals surface area contributed by atoms with Gasteiger partial charge in [-0.1, -0.05) is 35.9 Å². The number of nitrogens with one attached hydrogen (secondary N) is 2. The number of rotatable bonds is 3. The second kappa shape index (κ2) is 6.06. The lowest BCUT2D eigenvalue weighted by Crippen LogP contribution is -3.13. The van der Waals surface area contributed by atoms with E-state index in [0.29, 0.717) is 0 Å². The van der Waals surface area contributed by atoms with Crippen LogP contribution in [0.15, 0.2) is 48.7 Å². The van der Waals surface area contributed by atoms with Crippen LogP contribution in [0.5, 0.6) is 0 Å². The molecule has 1 aromatic carbocycles. The van der Waals surface area contributed by atoms with Gasteiger partial charge >= 0.3 is 0 Å². The zero-order chi connectivity index (χ0) is 13.8. The van der Waals surface area contributed by atoms with E-state index in [9.17, 15) is 0 Å². The number of hydrogen-bond acceptors (Lipinski definition) is 1. The Morgan fingerprint density at radius 1 is 1.10 bits per heavy atom. The van der Waals surface area contributed by atoms with Crippen LogP contribution in [0.1, 0.15) is 11.1 Å². The fourth-order valence-electron chi connectivity index (χ4n) is 2.93. The van der Waals surface area contributed by atoms with Gasteiger partial charge in [0.1, 0.15) is 32.7 Å². The number of nitrogens with zero attached hydrogens (tertiary/aromatic N) is 1. The Hall–Kier alpha value is -1.87. The number of pyridine rings is 1. The lowest BCUT2D eigenvalue weighted by molar-refractivity contribution is -0.914. The molecule has 20 heavy (non-hydrogen) atoms. The number of hydrogen-bond donors (Lipinski definition) is 1. The van der Waals surface area contributed by atoms with E-state index in [2.05, 4.69) is 53.2 Å². The first-order chi connectivity index (χ1) is 9.81. The van der Waals surface area contributed by atoms with Crippen LogP contribution < -0.4 is 14.8 Å². The summed E-state index contributed by atoms with van der Waals surface area (Å²) in [7, 11) is 0. The Morgan fingerprint density at radius 3 is 2.65 bits per heavy atom. The lowest BCUT2D eigenvalue weighted by Gasteiger charge is -2.28. The third-order valence-corrected chi connectivity index (χ3v) is 4.04. The van der Waals surface area contributed by atoms with E-state index in [1.165, 1.54) is 30.0 Å². The molecular weight excluding hydrogens is 246 g/mol. The molecule has 2 aromatic rings. The molecule has 1 aliphatic rings. The molecule has 1 fully saturated rings. The van der Waals surface area contributed by atoms with Crippen molar-refractivity contribution in [3.05, 3.63) is 59.8 Å². The summed E-state index contributed by atoms with van der Waals surface area (Å²) in [4.78, 5) is 7.45. The standard InChI is InChI=1S/C17H21N3/c1-15-5-4-6-16(13-15)14-19-9-11-20(12-10-19)17-7-2-3-8-18-17/h2-8,13H,9-12,14H2,1H3/p+2. The first-order valence-electron chi connectivity index (χ1n) is 7.42. The number of H-pyrrole nitrogens is 1. The van der Waals surface area contributed by atoms with Crippen LogP contribution in [0.2, 0.25) is 0 Å². The van der Waals surface area contributed by atoms with Crippen molar-refractivity contribution in [2.45, 2.75) is 13.5 Å². The molecule has 1 saturated heterocycles. The second-order valence-electron chi connectivity index (χ2n) is 5.65. The molecule has 1 aliphatic heterocycles. The van der Waals surface area contributed by atoms with Gasteiger partial charge in [-0.15, -0.1) is 0 Å². The molecule has 0 amide bonds. The van der Waals surface area contributed by atoms with Crippen molar-refractivity contribution < 1.29 is 9.88 Å². The number of anilines is 1. The van der Waals surface area contributed by atoms with Gasteiger partial charge < -0.3 is 4.90 Å². The number of quaternary nitrogens is 1. The molecule has 3 heteroatoms. The molecule has 0 aliphatic carbocycles. The van der Waals surface area contributed by atoms with Crippen molar-refractivity contribution in [3.8, 4) is 0 Å². The Morgan fingerprint density at radius 2 is 1.95 bits per heavy atom. The van der Waals surface area contributed by atoms with E-state index < -0.39 is 0 Å². The molecule has 3 nitrogen and oxygen atoms in total. The van der Waals surface area contributed by atoms with Crippen LogP contribution in [-0.4, -0.2) is 26.2 Å². The van der Waals surface area contributed by atoms with E-state index in [1.807, 2.05) is 12.3 Å². The minimum Gasteiger partial charge on any atom is -0.325 e. The summed E-state index contributed by atoms with van der Waals surface area (Å²) in [6.07, 6.45) is 2.00. The monoisotopic (exact) mass is 269 g/mol. The van der Waals surface area contributed by atoms with Crippen molar-refractivity contribution >= 4 is 5.82 Å². The number of aryl methyl sites for hydroxylation is 1. The lowest BCUT2D eigenvalue weighted by atomic mass is 10.1. The SMILES string of the molecule is Cc1cccc(C[NH+]2CCN(c3cccc[nH+]3)CC2)c1. The number of piperazine rings is 1. The molecule has 104 valence electrons. The highest BCUT2D eigenvalue weighted by molar-refractivity contribution is 5.32. The third kappa shape index (κ3) is 3.17. The van der Waals surface area contributed by atoms with E-state index in [1.54, 1.807) is 4.90 Å². The van der Waals surface area contributed by atoms with Gasteiger partial charge in [0.2, 0.25) is 0 Å². The predicted molar refractivity (Wildman–Crippen MR) is 80.8 cm³/mol. The van der Waals surface area contributed by atoms with Gasteiger partial charge in [-0.25, -0.2) is 4.98 Å². The van der Waals surface area contributed by atoms with Gasteiger partial charge in [-0.3, -0.25) is 4.90 Å². The maximum absolute atomic E-state index is 3.33. The van der Waals surface area contributed by atoms with E-state index in [4.69, 9.17) is 0 Å². The minimum absolute atomic E-state index is 1.13. The molecule has 0 bridgehead atoms. The summed E-state index contributed by atoms with van der Waals surface area (Å²) in [6.45, 7) is 7.98. The Balaban J connectivity index is 1.56. The van der Waals surface area contributed by atoms with E-state index in [-0.39, 0.29) is 0 Å². The molecule has 1 aromatic heterocycles. The van der Waals surface area contributed by atoms with Gasteiger partial charge in [0.25, 0.3) is 5.82 Å². The van der Waals surface area contributed by atoms with Crippen LogP contribution in [0.4, 0.5) is 5.82 Å². The first-order valence-corrected chi connectivity index (χ1v) is 7.42. The van der Waals surface area contributed by atoms with Crippen LogP contribution in [0.3, 0.4) is 0 Å². The molecule has 0 saturated carbocycles. The largest absolute Gasteiger partial charge is 0.325 e. The Bertz CT molecular complexity index is 545. The average Bonchev–Trinajstić information content (AvgIpc) is 2.49. The molecule has 2 N–H and O–H groups in total. The van der Waals surface area contributed by atoms with Crippen molar-refractivity contribution in [2.24, 2.45) is 0 Å². The molecule has 0 radical (unpaired) electrons. The number of aromatic amines is 1. The fourth-order valence-corrected chi connectivity index (χ4v) is 2.93. The van der Waals surface area contributed by atoms with E-state index >= 15 is 0 Å². The highest BCUT2D eigenvalue weighted by Gasteiger charge is 2.25. The normalized spacial score (nSPS) is 16.4. The predicted octanol–water partition coefficient (Wildman–Crippen LogP) is 0.714. The summed E-state index contributed by atoms with van der Waals surface area (Å²) in [6, 6.07) is 15.2. The average molecular weight is 269 g/mol. The van der Waals surface area contributed by atoms with Crippen molar-refractivity contribution in [3.63, 3.8) is 0 Å². The Labute approximate surface area is 120 Å². The Kier molecular flexibility index (Phi) is 3.97. The molecule has 0 spiro atoms. The van der Waals surface area contributed by atoms with Gasteiger partial charge in [-0.05, 0) is 13.0 Å². The quantitative estimate of drug-likeness (QED) is 0.871. The first kappa shape index (κ1) is 13.1. The zero-order valence-electron chi connectivity index (χ0n) is 12.1. The van der Waals surface area contributed by atoms with Gasteiger partial charge in [0.05, 0.1) is 6.20 Å². The maximum Gasteiger partial charge on any atom is 0.274 e. The molecular formula is C17H23N3+2. The number of aromatic nitrogens is 1. The summed E-state index contributed by atoms with van der Waals surface area (Å²) in [5, 5.41) is 0. The van der Waals surface area contributed by atoms with Gasteiger partial charge in [-0.2, -0.15) is 0 Å². The van der Waals surface area contributed by atoms with Crippen LogP contribution in [-0.2, 0) is 6.54 Å². The summed E-state index contributed by atoms with van der Waals surface area (Å²) < 4.78 is 0. The minimum atomic E-state index is 1.13. The molecule has 3 rings (SSSR count). The molecule has 0 atom stereocenters. The van der Waals surface area contributed by atoms with Crippen molar-refractivity contribution in [2.75, 3.05) is 31.1 Å². The fraction of sp³-hybridized carbons (Fsp3) is 0.353. The van der Waals surface area contributed by atoms with Crippen LogP contribution in [0.25, 0.3) is 0 Å². The molecule has 0 unspecified atom stereocenters. The van der Waals surface area contributed by atoms with Gasteiger partial charge in [0.15, 0.2) is 0 Å². The number of benzene rings is 1. The van der Waals surface area contributed by atoms with Crippen molar-refractivity contribution in [1.82, 2.24) is 0 Å².